The fraction of sp³-hybridized carbons (Fsp3) is 0.471. The average Bonchev–Trinajstić information content (AvgIpc) is 3.12. The third-order valence-corrected chi connectivity index (χ3v) is 4.36. The Morgan fingerprint density at radius 1 is 1.33 bits per heavy atom. The van der Waals surface area contributed by atoms with Crippen molar-refractivity contribution in [3.63, 3.8) is 0 Å². The lowest BCUT2D eigenvalue weighted by Crippen LogP contribution is -2.25. The molecule has 1 aromatic carbocycles. The second-order valence-corrected chi connectivity index (χ2v) is 6.04. The van der Waals surface area contributed by atoms with E-state index < -0.39 is 0 Å². The van der Waals surface area contributed by atoms with Gasteiger partial charge in [-0.05, 0) is 49.4 Å². The summed E-state index contributed by atoms with van der Waals surface area (Å²) in [6, 6.07) is 5.65. The van der Waals surface area contributed by atoms with Gasteiger partial charge in [0, 0.05) is 32.0 Å². The summed E-state index contributed by atoms with van der Waals surface area (Å²) in [6.45, 7) is 6.13. The molecule has 1 unspecified atom stereocenters. The molecule has 2 heterocycles. The van der Waals surface area contributed by atoms with Crippen molar-refractivity contribution in [3.05, 3.63) is 53.9 Å². The third kappa shape index (κ3) is 3.70. The van der Waals surface area contributed by atoms with Crippen LogP contribution in [0.25, 0.3) is 0 Å². The number of likely N-dealkylation sites (tertiary alicyclic amines) is 1. The van der Waals surface area contributed by atoms with Crippen molar-refractivity contribution in [2.24, 2.45) is 5.92 Å². The van der Waals surface area contributed by atoms with Gasteiger partial charge in [-0.25, -0.2) is 9.37 Å². The van der Waals surface area contributed by atoms with E-state index in [1.165, 1.54) is 6.42 Å². The normalized spacial score (nSPS) is 19.2. The molecule has 0 radical (unpaired) electrons. The first kappa shape index (κ1) is 14.3. The number of hydrogen-bond acceptors (Lipinski definition) is 2. The molecule has 0 amide bonds. The SMILES string of the molecule is Cc1ccc(CC2CCN(CCn3ccnc3)C2)cc1F. The van der Waals surface area contributed by atoms with Crippen molar-refractivity contribution in [1.29, 1.82) is 0 Å². The lowest BCUT2D eigenvalue weighted by atomic mass is 9.98. The van der Waals surface area contributed by atoms with E-state index in [0.29, 0.717) is 5.92 Å². The molecule has 1 aliphatic heterocycles. The van der Waals surface area contributed by atoms with Gasteiger partial charge in [0.15, 0.2) is 0 Å². The number of imidazole rings is 1. The first-order valence-corrected chi connectivity index (χ1v) is 7.64. The van der Waals surface area contributed by atoms with E-state index in [-0.39, 0.29) is 5.82 Å². The third-order valence-electron chi connectivity index (χ3n) is 4.36. The Morgan fingerprint density at radius 3 is 3.00 bits per heavy atom. The molecule has 1 atom stereocenters. The number of aromatic nitrogens is 2. The molecule has 1 fully saturated rings. The van der Waals surface area contributed by atoms with Crippen LogP contribution >= 0.6 is 0 Å². The van der Waals surface area contributed by atoms with Gasteiger partial charge in [-0.15, -0.1) is 0 Å². The van der Waals surface area contributed by atoms with Crippen LogP contribution in [-0.2, 0) is 13.0 Å². The lowest BCUT2D eigenvalue weighted by molar-refractivity contribution is 0.309. The van der Waals surface area contributed by atoms with E-state index in [4.69, 9.17) is 0 Å². The number of aryl methyl sites for hydroxylation is 1. The summed E-state index contributed by atoms with van der Waals surface area (Å²) < 4.78 is 15.7. The Balaban J connectivity index is 1.49. The minimum Gasteiger partial charge on any atom is -0.336 e. The molecule has 1 aliphatic rings. The maximum absolute atomic E-state index is 13.6. The molecule has 0 aliphatic carbocycles. The topological polar surface area (TPSA) is 21.1 Å². The predicted molar refractivity (Wildman–Crippen MR) is 81.6 cm³/mol. The minimum absolute atomic E-state index is 0.0811. The Bertz CT molecular complexity index is 580. The highest BCUT2D eigenvalue weighted by Gasteiger charge is 2.22. The number of halogens is 1. The van der Waals surface area contributed by atoms with E-state index in [2.05, 4.69) is 20.5 Å². The van der Waals surface area contributed by atoms with E-state index in [1.807, 2.05) is 31.7 Å². The van der Waals surface area contributed by atoms with E-state index >= 15 is 0 Å². The number of hydrogen-bond donors (Lipinski definition) is 0. The van der Waals surface area contributed by atoms with Crippen molar-refractivity contribution in [3.8, 4) is 0 Å². The van der Waals surface area contributed by atoms with Crippen molar-refractivity contribution in [1.82, 2.24) is 14.5 Å². The summed E-state index contributed by atoms with van der Waals surface area (Å²) in [5, 5.41) is 0. The Labute approximate surface area is 125 Å². The van der Waals surface area contributed by atoms with Crippen molar-refractivity contribution >= 4 is 0 Å². The second kappa shape index (κ2) is 6.39. The molecule has 21 heavy (non-hydrogen) atoms. The molecule has 3 nitrogen and oxygen atoms in total. The summed E-state index contributed by atoms with van der Waals surface area (Å²) >= 11 is 0. The van der Waals surface area contributed by atoms with Crippen LogP contribution < -0.4 is 0 Å². The fourth-order valence-corrected chi connectivity index (χ4v) is 3.06. The summed E-state index contributed by atoms with van der Waals surface area (Å²) in [5.41, 5.74) is 1.85. The highest BCUT2D eigenvalue weighted by Crippen LogP contribution is 2.21. The average molecular weight is 287 g/mol. The van der Waals surface area contributed by atoms with Gasteiger partial charge in [-0.3, -0.25) is 0 Å². The monoisotopic (exact) mass is 287 g/mol. The number of nitrogens with zero attached hydrogens (tertiary/aromatic N) is 3. The maximum atomic E-state index is 13.6. The molecule has 0 spiro atoms. The molecule has 1 aromatic heterocycles. The van der Waals surface area contributed by atoms with Crippen LogP contribution in [0.4, 0.5) is 4.39 Å². The van der Waals surface area contributed by atoms with Crippen LogP contribution in [0.5, 0.6) is 0 Å². The van der Waals surface area contributed by atoms with Gasteiger partial charge in [-0.1, -0.05) is 12.1 Å². The first-order chi connectivity index (χ1) is 10.2. The van der Waals surface area contributed by atoms with Crippen LogP contribution in [0.3, 0.4) is 0 Å². The van der Waals surface area contributed by atoms with Crippen molar-refractivity contribution in [2.75, 3.05) is 19.6 Å². The highest BCUT2D eigenvalue weighted by molar-refractivity contribution is 5.23. The maximum Gasteiger partial charge on any atom is 0.126 e. The standard InChI is InChI=1S/C17H22FN3/c1-14-2-3-15(11-17(14)18)10-16-4-6-20(12-16)8-9-21-7-5-19-13-21/h2-3,5,7,11,13,16H,4,6,8-10,12H2,1H3. The van der Waals surface area contributed by atoms with Gasteiger partial charge >= 0.3 is 0 Å². The van der Waals surface area contributed by atoms with Crippen LogP contribution in [0.1, 0.15) is 17.5 Å². The predicted octanol–water partition coefficient (Wildman–Crippen LogP) is 2.90. The largest absolute Gasteiger partial charge is 0.336 e. The van der Waals surface area contributed by atoms with Crippen LogP contribution in [0.2, 0.25) is 0 Å². The number of rotatable bonds is 5. The van der Waals surface area contributed by atoms with Crippen molar-refractivity contribution < 1.29 is 4.39 Å². The number of benzene rings is 1. The van der Waals surface area contributed by atoms with Crippen LogP contribution in [-0.4, -0.2) is 34.1 Å². The Kier molecular flexibility index (Phi) is 4.34. The fourth-order valence-electron chi connectivity index (χ4n) is 3.06. The molecule has 0 N–H and O–H groups in total. The molecular weight excluding hydrogens is 265 g/mol. The zero-order valence-corrected chi connectivity index (χ0v) is 12.5. The highest BCUT2D eigenvalue weighted by atomic mass is 19.1. The summed E-state index contributed by atoms with van der Waals surface area (Å²) in [4.78, 5) is 6.56. The summed E-state index contributed by atoms with van der Waals surface area (Å²) in [7, 11) is 0. The smallest absolute Gasteiger partial charge is 0.126 e. The molecule has 112 valence electrons. The molecule has 4 heteroatoms. The zero-order valence-electron chi connectivity index (χ0n) is 12.5. The Hall–Kier alpha value is -1.68. The summed E-state index contributed by atoms with van der Waals surface area (Å²) in [5.74, 6) is 0.567. The molecule has 0 bridgehead atoms. The van der Waals surface area contributed by atoms with Gasteiger partial charge in [0.1, 0.15) is 5.82 Å². The van der Waals surface area contributed by atoms with Gasteiger partial charge in [0.25, 0.3) is 0 Å². The molecule has 0 saturated carbocycles. The van der Waals surface area contributed by atoms with Crippen LogP contribution in [0.15, 0.2) is 36.9 Å². The minimum atomic E-state index is -0.0811. The Morgan fingerprint density at radius 2 is 2.24 bits per heavy atom. The van der Waals surface area contributed by atoms with Gasteiger partial charge in [-0.2, -0.15) is 0 Å². The molecule has 2 aromatic rings. The van der Waals surface area contributed by atoms with E-state index in [9.17, 15) is 4.39 Å². The molecule has 1 saturated heterocycles. The van der Waals surface area contributed by atoms with E-state index in [0.717, 1.165) is 43.7 Å². The van der Waals surface area contributed by atoms with Gasteiger partial charge in [0.05, 0.1) is 6.33 Å². The van der Waals surface area contributed by atoms with Crippen LogP contribution in [0, 0.1) is 18.7 Å². The summed E-state index contributed by atoms with van der Waals surface area (Å²) in [6.07, 6.45) is 7.88. The van der Waals surface area contributed by atoms with Gasteiger partial charge < -0.3 is 9.47 Å². The molecular formula is C17H22FN3. The first-order valence-electron chi connectivity index (χ1n) is 7.64. The molecule has 3 rings (SSSR count). The quantitative estimate of drug-likeness (QED) is 0.843. The van der Waals surface area contributed by atoms with Gasteiger partial charge in [0.2, 0.25) is 0 Å². The zero-order chi connectivity index (χ0) is 14.7. The second-order valence-electron chi connectivity index (χ2n) is 6.04. The van der Waals surface area contributed by atoms with E-state index in [1.54, 1.807) is 6.07 Å². The van der Waals surface area contributed by atoms with Crippen molar-refractivity contribution in [2.45, 2.75) is 26.3 Å². The lowest BCUT2D eigenvalue weighted by Gasteiger charge is -2.16.